The van der Waals surface area contributed by atoms with Crippen molar-refractivity contribution in [1.29, 1.82) is 0 Å². The second-order valence-electron chi connectivity index (χ2n) is 6.70. The van der Waals surface area contributed by atoms with E-state index in [4.69, 9.17) is 0 Å². The predicted molar refractivity (Wildman–Crippen MR) is 96.2 cm³/mol. The van der Waals surface area contributed by atoms with Gasteiger partial charge in [0.15, 0.2) is 5.78 Å². The Balaban J connectivity index is 2.05. The maximum atomic E-state index is 13.0. The Morgan fingerprint density at radius 3 is 2.96 bits per heavy atom. The summed E-state index contributed by atoms with van der Waals surface area (Å²) in [4.78, 5) is 36.4. The van der Waals surface area contributed by atoms with Crippen LogP contribution in [0.4, 0.5) is 0 Å². The van der Waals surface area contributed by atoms with Crippen LogP contribution in [-0.4, -0.2) is 62.7 Å². The molecule has 0 aromatic carbocycles. The molecule has 9 nitrogen and oxygen atoms in total. The first kappa shape index (κ1) is 20.9. The summed E-state index contributed by atoms with van der Waals surface area (Å²) >= 11 is 0. The molecule has 9 heteroatoms. The molecule has 27 heavy (non-hydrogen) atoms. The molecule has 1 aromatic rings. The van der Waals surface area contributed by atoms with E-state index in [2.05, 4.69) is 22.5 Å². The first-order valence-corrected chi connectivity index (χ1v) is 9.33. The molecule has 2 amide bonds. The lowest BCUT2D eigenvalue weighted by atomic mass is 9.98. The van der Waals surface area contributed by atoms with Crippen molar-refractivity contribution in [1.82, 2.24) is 25.7 Å². The monoisotopic (exact) mass is 377 g/mol. The van der Waals surface area contributed by atoms with E-state index in [1.807, 2.05) is 0 Å². The Labute approximate surface area is 158 Å². The van der Waals surface area contributed by atoms with Gasteiger partial charge in [0.25, 0.3) is 0 Å². The maximum Gasteiger partial charge on any atom is 0.242 e. The number of amides is 2. The highest BCUT2D eigenvalue weighted by molar-refractivity contribution is 5.91. The molecular weight excluding hydrogens is 350 g/mol. The van der Waals surface area contributed by atoms with E-state index in [9.17, 15) is 19.6 Å². The number of ketones is 1. The third kappa shape index (κ3) is 6.07. The Bertz CT molecular complexity index is 627. The molecule has 1 aromatic heterocycles. The summed E-state index contributed by atoms with van der Waals surface area (Å²) < 4.78 is 0. The van der Waals surface area contributed by atoms with Crippen LogP contribution in [0.5, 0.6) is 0 Å². The van der Waals surface area contributed by atoms with Gasteiger partial charge in [0.2, 0.25) is 12.3 Å². The third-order valence-corrected chi connectivity index (χ3v) is 4.64. The van der Waals surface area contributed by atoms with Gasteiger partial charge in [-0.3, -0.25) is 24.6 Å². The number of carbonyl (C=O) groups excluding carboxylic acids is 3. The van der Waals surface area contributed by atoms with Crippen LogP contribution in [0, 0.1) is 5.92 Å². The van der Waals surface area contributed by atoms with Crippen LogP contribution in [0.1, 0.15) is 44.7 Å². The number of hydroxylamine groups is 2. The van der Waals surface area contributed by atoms with E-state index >= 15 is 0 Å². The number of unbranched alkanes of at least 4 members (excludes halogenated alkanes) is 2. The largest absolute Gasteiger partial charge is 0.297 e. The SMILES string of the molecule is CCCCC[C@H](CN(O)C=O)C(=O)N1NCC[C@H]1C(=O)Cc1cccnn1. The second-order valence-corrected chi connectivity index (χ2v) is 6.70. The molecule has 2 N–H and O–H groups in total. The smallest absolute Gasteiger partial charge is 0.242 e. The maximum absolute atomic E-state index is 13.0. The lowest BCUT2D eigenvalue weighted by Gasteiger charge is -2.28. The van der Waals surface area contributed by atoms with Crippen molar-refractivity contribution in [3.63, 3.8) is 0 Å². The number of Topliss-reactive ketones (excluding diaryl/α,β-unsaturated/α-hetero) is 1. The second kappa shape index (κ2) is 10.7. The fourth-order valence-corrected chi connectivity index (χ4v) is 3.22. The number of nitrogens with one attached hydrogen (secondary N) is 1. The van der Waals surface area contributed by atoms with Crippen molar-refractivity contribution >= 4 is 18.1 Å². The van der Waals surface area contributed by atoms with Crippen LogP contribution >= 0.6 is 0 Å². The van der Waals surface area contributed by atoms with Crippen molar-refractivity contribution in [2.45, 2.75) is 51.5 Å². The predicted octanol–water partition coefficient (Wildman–Crippen LogP) is 0.738. The summed E-state index contributed by atoms with van der Waals surface area (Å²) in [6, 6.07) is 2.85. The van der Waals surface area contributed by atoms with Crippen molar-refractivity contribution in [2.24, 2.45) is 5.92 Å². The zero-order valence-electron chi connectivity index (χ0n) is 15.6. The fourth-order valence-electron chi connectivity index (χ4n) is 3.22. The molecule has 1 aliphatic rings. The minimum absolute atomic E-state index is 0.0880. The molecule has 0 aliphatic carbocycles. The molecule has 0 saturated carbocycles. The molecule has 2 heterocycles. The van der Waals surface area contributed by atoms with Gasteiger partial charge >= 0.3 is 0 Å². The summed E-state index contributed by atoms with van der Waals surface area (Å²) in [5.74, 6) is -0.955. The quantitative estimate of drug-likeness (QED) is 0.253. The summed E-state index contributed by atoms with van der Waals surface area (Å²) in [5.41, 5.74) is 3.53. The number of rotatable bonds is 11. The average molecular weight is 377 g/mol. The molecular formula is C18H27N5O4. The van der Waals surface area contributed by atoms with Crippen molar-refractivity contribution in [3.05, 3.63) is 24.0 Å². The highest BCUT2D eigenvalue weighted by Crippen LogP contribution is 2.20. The molecule has 0 unspecified atom stereocenters. The molecule has 0 bridgehead atoms. The minimum Gasteiger partial charge on any atom is -0.297 e. The molecule has 0 radical (unpaired) electrons. The normalized spacial score (nSPS) is 17.6. The molecule has 148 valence electrons. The number of aromatic nitrogens is 2. The lowest BCUT2D eigenvalue weighted by Crippen LogP contribution is -2.50. The van der Waals surface area contributed by atoms with Gasteiger partial charge in [-0.25, -0.2) is 10.5 Å². The Kier molecular flexibility index (Phi) is 8.28. The number of hydrazine groups is 1. The number of hydrogen-bond donors (Lipinski definition) is 2. The van der Waals surface area contributed by atoms with Crippen molar-refractivity contribution in [3.8, 4) is 0 Å². The van der Waals surface area contributed by atoms with Gasteiger partial charge < -0.3 is 0 Å². The minimum atomic E-state index is -0.587. The summed E-state index contributed by atoms with van der Waals surface area (Å²) in [6.45, 7) is 2.49. The van der Waals surface area contributed by atoms with E-state index < -0.39 is 12.0 Å². The molecule has 0 spiro atoms. The Morgan fingerprint density at radius 1 is 1.48 bits per heavy atom. The molecule has 2 atom stereocenters. The molecule has 1 fully saturated rings. The van der Waals surface area contributed by atoms with Crippen LogP contribution in [0.2, 0.25) is 0 Å². The highest BCUT2D eigenvalue weighted by Gasteiger charge is 2.37. The lowest BCUT2D eigenvalue weighted by molar-refractivity contribution is -0.159. The van der Waals surface area contributed by atoms with E-state index in [0.29, 0.717) is 30.1 Å². The summed E-state index contributed by atoms with van der Waals surface area (Å²) in [5, 5.41) is 19.1. The Morgan fingerprint density at radius 2 is 2.30 bits per heavy atom. The van der Waals surface area contributed by atoms with E-state index in [1.54, 1.807) is 12.1 Å². The van der Waals surface area contributed by atoms with Crippen molar-refractivity contribution < 1.29 is 19.6 Å². The van der Waals surface area contributed by atoms with Gasteiger partial charge in [-0.1, -0.05) is 26.2 Å². The molecule has 1 saturated heterocycles. The zero-order valence-corrected chi connectivity index (χ0v) is 15.6. The van der Waals surface area contributed by atoms with Crippen LogP contribution in [0.15, 0.2) is 18.3 Å². The topological polar surface area (TPSA) is 116 Å². The van der Waals surface area contributed by atoms with E-state index in [-0.39, 0.29) is 31.1 Å². The number of nitrogens with zero attached hydrogens (tertiary/aromatic N) is 4. The highest BCUT2D eigenvalue weighted by atomic mass is 16.5. The fraction of sp³-hybridized carbons (Fsp3) is 0.611. The van der Waals surface area contributed by atoms with Crippen LogP contribution < -0.4 is 5.43 Å². The standard InChI is InChI=1S/C18H27N5O4/c1-2-3-4-6-14(12-22(27)13-24)18(26)23-16(8-10-20-23)17(25)11-15-7-5-9-19-21-15/h5,7,9,13-14,16,20,27H,2-4,6,8,10-12H2,1H3/t14-,16+/m1/s1. The van der Waals surface area contributed by atoms with Gasteiger partial charge in [0.1, 0.15) is 6.04 Å². The van der Waals surface area contributed by atoms with Crippen LogP contribution in [0.3, 0.4) is 0 Å². The van der Waals surface area contributed by atoms with E-state index in [0.717, 1.165) is 19.3 Å². The van der Waals surface area contributed by atoms with Gasteiger partial charge in [0, 0.05) is 12.7 Å². The Hall–Kier alpha value is -2.39. The van der Waals surface area contributed by atoms with Crippen molar-refractivity contribution in [2.75, 3.05) is 13.1 Å². The van der Waals surface area contributed by atoms with Crippen LogP contribution in [0.25, 0.3) is 0 Å². The first-order chi connectivity index (χ1) is 13.1. The van der Waals surface area contributed by atoms with Gasteiger partial charge in [-0.05, 0) is 25.0 Å². The van der Waals surface area contributed by atoms with Gasteiger partial charge in [-0.2, -0.15) is 10.2 Å². The first-order valence-electron chi connectivity index (χ1n) is 9.33. The zero-order chi connectivity index (χ0) is 19.6. The third-order valence-electron chi connectivity index (χ3n) is 4.64. The molecule has 2 rings (SSSR count). The molecule has 1 aliphatic heterocycles. The number of carbonyl (C=O) groups is 3. The van der Waals surface area contributed by atoms with Gasteiger partial charge in [0.05, 0.1) is 24.6 Å². The average Bonchev–Trinajstić information content (AvgIpc) is 3.17. The van der Waals surface area contributed by atoms with Crippen LogP contribution in [-0.2, 0) is 20.8 Å². The van der Waals surface area contributed by atoms with Gasteiger partial charge in [-0.15, -0.1) is 0 Å². The summed E-state index contributed by atoms with van der Waals surface area (Å²) in [7, 11) is 0. The summed E-state index contributed by atoms with van der Waals surface area (Å²) in [6.07, 6.45) is 5.75. The number of hydrogen-bond acceptors (Lipinski definition) is 7. The van der Waals surface area contributed by atoms with E-state index in [1.165, 1.54) is 11.2 Å².